The summed E-state index contributed by atoms with van der Waals surface area (Å²) in [7, 11) is 0. The molecule has 1 heterocycles. The lowest BCUT2D eigenvalue weighted by Gasteiger charge is -2.18. The molecule has 0 bridgehead atoms. The third-order valence-corrected chi connectivity index (χ3v) is 2.89. The van der Waals surface area contributed by atoms with E-state index in [2.05, 4.69) is 25.9 Å². The molecular formula is C9H16ClN3. The first-order chi connectivity index (χ1) is 6.06. The van der Waals surface area contributed by atoms with E-state index < -0.39 is 0 Å². The Labute approximate surface area is 83.9 Å². The van der Waals surface area contributed by atoms with Gasteiger partial charge in [0.05, 0.1) is 6.04 Å². The number of anilines is 1. The highest BCUT2D eigenvalue weighted by molar-refractivity contribution is 6.32. The van der Waals surface area contributed by atoms with Crippen LogP contribution in [0.25, 0.3) is 0 Å². The van der Waals surface area contributed by atoms with Crippen LogP contribution in [0.5, 0.6) is 0 Å². The fourth-order valence-electron chi connectivity index (χ4n) is 1.19. The van der Waals surface area contributed by atoms with E-state index in [1.54, 1.807) is 6.20 Å². The van der Waals surface area contributed by atoms with Gasteiger partial charge in [-0.1, -0.05) is 31.9 Å². The van der Waals surface area contributed by atoms with Crippen LogP contribution in [0.1, 0.15) is 33.2 Å². The standard InChI is InChI=1S/C9H16ClN3/c1-4-6(2)7(3)13-5-8(10)9(11)12-13/h5-7H,4H2,1-3H3,(H2,11,12). The van der Waals surface area contributed by atoms with Crippen molar-refractivity contribution in [3.05, 3.63) is 11.2 Å². The summed E-state index contributed by atoms with van der Waals surface area (Å²) in [4.78, 5) is 0. The van der Waals surface area contributed by atoms with E-state index >= 15 is 0 Å². The highest BCUT2D eigenvalue weighted by Gasteiger charge is 2.14. The minimum atomic E-state index is 0.347. The van der Waals surface area contributed by atoms with Gasteiger partial charge in [0.2, 0.25) is 0 Å². The fraction of sp³-hybridized carbons (Fsp3) is 0.667. The zero-order valence-electron chi connectivity index (χ0n) is 8.29. The summed E-state index contributed by atoms with van der Waals surface area (Å²) in [5.74, 6) is 0.993. The number of rotatable bonds is 3. The zero-order chi connectivity index (χ0) is 10.0. The molecular weight excluding hydrogens is 186 g/mol. The maximum absolute atomic E-state index is 5.81. The van der Waals surface area contributed by atoms with E-state index in [0.717, 1.165) is 6.42 Å². The van der Waals surface area contributed by atoms with Crippen LogP contribution in [0.15, 0.2) is 6.20 Å². The van der Waals surface area contributed by atoms with E-state index in [4.69, 9.17) is 17.3 Å². The Balaban J connectivity index is 2.82. The number of nitrogens with two attached hydrogens (primary N) is 1. The summed E-state index contributed by atoms with van der Waals surface area (Å²) in [5, 5.41) is 4.68. The molecule has 0 amide bonds. The van der Waals surface area contributed by atoms with Crippen LogP contribution in [-0.4, -0.2) is 9.78 Å². The lowest BCUT2D eigenvalue weighted by molar-refractivity contribution is 0.344. The molecule has 0 saturated heterocycles. The first-order valence-corrected chi connectivity index (χ1v) is 4.94. The summed E-state index contributed by atoms with van der Waals surface area (Å²) in [6.45, 7) is 6.48. The number of hydrogen-bond donors (Lipinski definition) is 1. The quantitative estimate of drug-likeness (QED) is 0.818. The van der Waals surface area contributed by atoms with Crippen LogP contribution in [-0.2, 0) is 0 Å². The zero-order valence-corrected chi connectivity index (χ0v) is 9.04. The van der Waals surface area contributed by atoms with Gasteiger partial charge in [-0.3, -0.25) is 4.68 Å². The van der Waals surface area contributed by atoms with Crippen LogP contribution in [0, 0.1) is 5.92 Å². The van der Waals surface area contributed by atoms with Crippen molar-refractivity contribution in [2.24, 2.45) is 5.92 Å². The highest BCUT2D eigenvalue weighted by Crippen LogP contribution is 2.24. The Hall–Kier alpha value is -0.700. The summed E-state index contributed by atoms with van der Waals surface area (Å²) >= 11 is 5.81. The molecule has 0 aliphatic carbocycles. The van der Waals surface area contributed by atoms with Crippen molar-refractivity contribution in [3.8, 4) is 0 Å². The van der Waals surface area contributed by atoms with Gasteiger partial charge < -0.3 is 5.73 Å². The molecule has 1 aromatic heterocycles. The Morgan fingerprint density at radius 2 is 2.23 bits per heavy atom. The van der Waals surface area contributed by atoms with Crippen molar-refractivity contribution in [1.82, 2.24) is 9.78 Å². The molecule has 74 valence electrons. The van der Waals surface area contributed by atoms with Crippen LogP contribution < -0.4 is 5.73 Å². The molecule has 0 saturated carbocycles. The summed E-state index contributed by atoms with van der Waals surface area (Å²) in [5.41, 5.74) is 5.56. The molecule has 2 atom stereocenters. The number of nitrogens with zero attached hydrogens (tertiary/aromatic N) is 2. The predicted octanol–water partition coefficient (Wildman–Crippen LogP) is 2.73. The molecule has 4 heteroatoms. The molecule has 2 unspecified atom stereocenters. The van der Waals surface area contributed by atoms with E-state index in [9.17, 15) is 0 Å². The highest BCUT2D eigenvalue weighted by atomic mass is 35.5. The Kier molecular flexibility index (Phi) is 3.20. The second kappa shape index (κ2) is 4.01. The van der Waals surface area contributed by atoms with E-state index in [-0.39, 0.29) is 0 Å². The second-order valence-corrected chi connectivity index (χ2v) is 3.88. The van der Waals surface area contributed by atoms with E-state index in [1.165, 1.54) is 0 Å². The van der Waals surface area contributed by atoms with Gasteiger partial charge in [-0.25, -0.2) is 0 Å². The lowest BCUT2D eigenvalue weighted by Crippen LogP contribution is -2.14. The molecule has 0 fully saturated rings. The van der Waals surface area contributed by atoms with Gasteiger partial charge >= 0.3 is 0 Å². The van der Waals surface area contributed by atoms with Gasteiger partial charge in [0.15, 0.2) is 5.82 Å². The van der Waals surface area contributed by atoms with E-state index in [0.29, 0.717) is 22.8 Å². The third-order valence-electron chi connectivity index (χ3n) is 2.60. The van der Waals surface area contributed by atoms with Crippen molar-refractivity contribution < 1.29 is 0 Å². The monoisotopic (exact) mass is 201 g/mol. The van der Waals surface area contributed by atoms with Gasteiger partial charge in [0.25, 0.3) is 0 Å². The van der Waals surface area contributed by atoms with Crippen molar-refractivity contribution in [2.75, 3.05) is 5.73 Å². The number of aromatic nitrogens is 2. The molecule has 1 rings (SSSR count). The molecule has 0 radical (unpaired) electrons. The van der Waals surface area contributed by atoms with Crippen molar-refractivity contribution in [2.45, 2.75) is 33.2 Å². The normalized spacial score (nSPS) is 15.7. The number of hydrogen-bond acceptors (Lipinski definition) is 2. The van der Waals surface area contributed by atoms with Gasteiger partial charge in [-0.2, -0.15) is 5.10 Å². The predicted molar refractivity (Wildman–Crippen MR) is 55.8 cm³/mol. The minimum Gasteiger partial charge on any atom is -0.381 e. The molecule has 0 spiro atoms. The second-order valence-electron chi connectivity index (χ2n) is 3.47. The van der Waals surface area contributed by atoms with Crippen LogP contribution in [0.3, 0.4) is 0 Å². The maximum Gasteiger partial charge on any atom is 0.164 e. The van der Waals surface area contributed by atoms with Gasteiger partial charge in [-0.15, -0.1) is 0 Å². The van der Waals surface area contributed by atoms with Crippen molar-refractivity contribution >= 4 is 17.4 Å². The Bertz CT molecular complexity index is 263. The summed E-state index contributed by atoms with van der Waals surface area (Å²) in [6, 6.07) is 0.347. The third kappa shape index (κ3) is 2.15. The first-order valence-electron chi connectivity index (χ1n) is 4.56. The average molecular weight is 202 g/mol. The topological polar surface area (TPSA) is 43.8 Å². The summed E-state index contributed by atoms with van der Waals surface area (Å²) < 4.78 is 1.84. The largest absolute Gasteiger partial charge is 0.381 e. The molecule has 3 nitrogen and oxygen atoms in total. The first kappa shape index (κ1) is 10.4. The number of halogens is 1. The molecule has 2 N–H and O–H groups in total. The molecule has 1 aromatic rings. The lowest BCUT2D eigenvalue weighted by atomic mass is 10.0. The van der Waals surface area contributed by atoms with Gasteiger partial charge in [0, 0.05) is 6.20 Å². The smallest absolute Gasteiger partial charge is 0.164 e. The molecule has 0 aliphatic rings. The fourth-order valence-corrected chi connectivity index (χ4v) is 1.33. The minimum absolute atomic E-state index is 0.347. The van der Waals surface area contributed by atoms with Gasteiger partial charge in [-0.05, 0) is 12.8 Å². The van der Waals surface area contributed by atoms with Crippen molar-refractivity contribution in [1.29, 1.82) is 0 Å². The Morgan fingerprint density at radius 3 is 2.62 bits per heavy atom. The van der Waals surface area contributed by atoms with Crippen LogP contribution in [0.4, 0.5) is 5.82 Å². The molecule has 13 heavy (non-hydrogen) atoms. The molecule has 0 aromatic carbocycles. The average Bonchev–Trinajstić information content (AvgIpc) is 2.44. The Morgan fingerprint density at radius 1 is 1.62 bits per heavy atom. The van der Waals surface area contributed by atoms with Crippen LogP contribution >= 0.6 is 11.6 Å². The van der Waals surface area contributed by atoms with Crippen molar-refractivity contribution in [3.63, 3.8) is 0 Å². The summed E-state index contributed by atoms with van der Waals surface area (Å²) in [6.07, 6.45) is 2.91. The maximum atomic E-state index is 5.81. The SMILES string of the molecule is CCC(C)C(C)n1cc(Cl)c(N)n1. The van der Waals surface area contributed by atoms with E-state index in [1.807, 2.05) is 4.68 Å². The molecule has 0 aliphatic heterocycles. The van der Waals surface area contributed by atoms with Gasteiger partial charge in [0.1, 0.15) is 5.02 Å². The number of nitrogen functional groups attached to an aromatic ring is 1. The van der Waals surface area contributed by atoms with Crippen LogP contribution in [0.2, 0.25) is 5.02 Å².